The van der Waals surface area contributed by atoms with Crippen molar-refractivity contribution in [2.75, 3.05) is 30.5 Å². The molecule has 5 rings (SSSR count). The number of imidazole rings is 1. The van der Waals surface area contributed by atoms with Crippen LogP contribution in [0.4, 0.5) is 11.6 Å². The number of para-hydroxylation sites is 2. The summed E-state index contributed by atoms with van der Waals surface area (Å²) in [5.41, 5.74) is 2.41. The number of fused-ring (bicyclic) bond motifs is 4. The number of carbonyl (C=O) groups is 2. The number of methoxy groups -OCH3 is 1. The van der Waals surface area contributed by atoms with Gasteiger partial charge in [-0.05, 0) is 30.0 Å². The van der Waals surface area contributed by atoms with Crippen molar-refractivity contribution in [3.05, 3.63) is 66.7 Å². The molecule has 7 heteroatoms. The molecule has 0 saturated carbocycles. The molecule has 1 N–H and O–H groups in total. The van der Waals surface area contributed by atoms with E-state index in [2.05, 4.69) is 10.3 Å². The summed E-state index contributed by atoms with van der Waals surface area (Å²) in [6, 6.07) is 20.8. The van der Waals surface area contributed by atoms with Crippen molar-refractivity contribution in [2.24, 2.45) is 0 Å². The third-order valence-corrected chi connectivity index (χ3v) is 5.85. The van der Waals surface area contributed by atoms with Crippen LogP contribution in [-0.2, 0) is 14.3 Å². The molecular formula is C25H24N4O3. The SMILES string of the molecule is COCCCN1C(=O)[C@@H](CC(=O)Nc2cccc3ccccc23)n2c1nc1ccccc12. The van der Waals surface area contributed by atoms with Gasteiger partial charge in [0.05, 0.1) is 17.5 Å². The van der Waals surface area contributed by atoms with Gasteiger partial charge in [-0.1, -0.05) is 48.5 Å². The Morgan fingerprint density at radius 2 is 1.84 bits per heavy atom. The maximum Gasteiger partial charge on any atom is 0.253 e. The van der Waals surface area contributed by atoms with Crippen molar-refractivity contribution >= 4 is 45.3 Å². The van der Waals surface area contributed by atoms with Crippen molar-refractivity contribution < 1.29 is 14.3 Å². The first-order valence-corrected chi connectivity index (χ1v) is 10.7. The Kier molecular flexibility index (Phi) is 5.33. The highest BCUT2D eigenvalue weighted by Gasteiger charge is 2.40. The standard InChI is InChI=1S/C25H24N4O3/c1-32-15-7-14-28-24(31)22(29-21-13-5-4-11-20(21)27-25(28)29)16-23(30)26-19-12-6-9-17-8-2-3-10-18(17)19/h2-6,8-13,22H,7,14-16H2,1H3,(H,26,30)/t22-/m1/s1. The van der Waals surface area contributed by atoms with Crippen LogP contribution in [0.3, 0.4) is 0 Å². The predicted octanol–water partition coefficient (Wildman–Crippen LogP) is 4.14. The number of ether oxygens (including phenoxy) is 1. The van der Waals surface area contributed by atoms with Crippen LogP contribution in [0.5, 0.6) is 0 Å². The van der Waals surface area contributed by atoms with Gasteiger partial charge in [0, 0.05) is 31.3 Å². The Labute approximate surface area is 185 Å². The Bertz CT molecular complexity index is 1310. The molecule has 2 amide bonds. The summed E-state index contributed by atoms with van der Waals surface area (Å²) >= 11 is 0. The molecule has 7 nitrogen and oxygen atoms in total. The van der Waals surface area contributed by atoms with E-state index in [9.17, 15) is 9.59 Å². The summed E-state index contributed by atoms with van der Waals surface area (Å²) in [4.78, 5) is 32.7. The van der Waals surface area contributed by atoms with Crippen LogP contribution in [0.25, 0.3) is 21.8 Å². The van der Waals surface area contributed by atoms with Gasteiger partial charge in [-0.2, -0.15) is 0 Å². The van der Waals surface area contributed by atoms with Crippen molar-refractivity contribution in [3.63, 3.8) is 0 Å². The number of nitrogens with one attached hydrogen (secondary N) is 1. The molecular weight excluding hydrogens is 404 g/mol. The zero-order chi connectivity index (χ0) is 22.1. The lowest BCUT2D eigenvalue weighted by Gasteiger charge is -2.16. The molecule has 0 unspecified atom stereocenters. The van der Waals surface area contributed by atoms with Gasteiger partial charge in [0.1, 0.15) is 6.04 Å². The van der Waals surface area contributed by atoms with E-state index in [1.165, 1.54) is 0 Å². The van der Waals surface area contributed by atoms with Gasteiger partial charge >= 0.3 is 0 Å². The predicted molar refractivity (Wildman–Crippen MR) is 125 cm³/mol. The van der Waals surface area contributed by atoms with Crippen LogP contribution in [0.2, 0.25) is 0 Å². The Hall–Kier alpha value is -3.71. The lowest BCUT2D eigenvalue weighted by molar-refractivity contribution is -0.124. The van der Waals surface area contributed by atoms with Crippen LogP contribution < -0.4 is 10.2 Å². The molecule has 0 aliphatic carbocycles. The second-order valence-corrected chi connectivity index (χ2v) is 7.90. The molecule has 32 heavy (non-hydrogen) atoms. The van der Waals surface area contributed by atoms with Crippen LogP contribution in [0.15, 0.2) is 66.7 Å². The maximum absolute atomic E-state index is 13.3. The van der Waals surface area contributed by atoms with Crippen molar-refractivity contribution in [3.8, 4) is 0 Å². The number of hydrogen-bond donors (Lipinski definition) is 1. The summed E-state index contributed by atoms with van der Waals surface area (Å²) in [6.45, 7) is 1.05. The molecule has 1 aliphatic rings. The minimum absolute atomic E-state index is 0.0379. The molecule has 4 aromatic rings. The van der Waals surface area contributed by atoms with Gasteiger partial charge in [0.15, 0.2) is 0 Å². The summed E-state index contributed by atoms with van der Waals surface area (Å²) in [7, 11) is 1.64. The van der Waals surface area contributed by atoms with Gasteiger partial charge in [-0.15, -0.1) is 0 Å². The quantitative estimate of drug-likeness (QED) is 0.449. The number of rotatable bonds is 7. The highest BCUT2D eigenvalue weighted by Crippen LogP contribution is 2.36. The largest absolute Gasteiger partial charge is 0.385 e. The fraction of sp³-hybridized carbons (Fsp3) is 0.240. The van der Waals surface area contributed by atoms with Crippen molar-refractivity contribution in [1.29, 1.82) is 0 Å². The topological polar surface area (TPSA) is 76.5 Å². The number of carbonyl (C=O) groups excluding carboxylic acids is 2. The first kappa shape index (κ1) is 20.2. The Balaban J connectivity index is 1.44. The van der Waals surface area contributed by atoms with Gasteiger partial charge in [-0.3, -0.25) is 19.1 Å². The minimum Gasteiger partial charge on any atom is -0.385 e. The molecule has 3 aromatic carbocycles. The molecule has 1 aliphatic heterocycles. The van der Waals surface area contributed by atoms with E-state index in [4.69, 9.17) is 4.74 Å². The summed E-state index contributed by atoms with van der Waals surface area (Å²) in [6.07, 6.45) is 0.733. The smallest absolute Gasteiger partial charge is 0.253 e. The molecule has 2 heterocycles. The van der Waals surface area contributed by atoms with Crippen molar-refractivity contribution in [1.82, 2.24) is 9.55 Å². The number of anilines is 2. The zero-order valence-corrected chi connectivity index (χ0v) is 17.8. The van der Waals surface area contributed by atoms with Gasteiger partial charge in [0.25, 0.3) is 5.91 Å². The molecule has 1 aromatic heterocycles. The minimum atomic E-state index is -0.630. The lowest BCUT2D eigenvalue weighted by atomic mass is 10.1. The monoisotopic (exact) mass is 428 g/mol. The highest BCUT2D eigenvalue weighted by atomic mass is 16.5. The van der Waals surface area contributed by atoms with Gasteiger partial charge in [0.2, 0.25) is 11.9 Å². The average molecular weight is 428 g/mol. The third-order valence-electron chi connectivity index (χ3n) is 5.85. The van der Waals surface area contributed by atoms with E-state index < -0.39 is 6.04 Å². The second-order valence-electron chi connectivity index (χ2n) is 7.90. The van der Waals surface area contributed by atoms with E-state index in [1.54, 1.807) is 12.0 Å². The Morgan fingerprint density at radius 3 is 2.72 bits per heavy atom. The van der Waals surface area contributed by atoms with Crippen LogP contribution >= 0.6 is 0 Å². The fourth-order valence-electron chi connectivity index (χ4n) is 4.39. The second kappa shape index (κ2) is 8.43. The van der Waals surface area contributed by atoms with Crippen LogP contribution in [-0.4, -0.2) is 41.6 Å². The number of amides is 2. The number of aromatic nitrogens is 2. The molecule has 0 fully saturated rings. The molecule has 0 spiro atoms. The number of benzene rings is 3. The third kappa shape index (κ3) is 3.50. The van der Waals surface area contributed by atoms with E-state index in [0.717, 1.165) is 27.5 Å². The first-order valence-electron chi connectivity index (χ1n) is 10.7. The first-order chi connectivity index (χ1) is 15.7. The molecule has 0 saturated heterocycles. The van der Waals surface area contributed by atoms with E-state index in [0.29, 0.717) is 25.5 Å². The number of nitrogens with zero attached hydrogens (tertiary/aromatic N) is 3. The maximum atomic E-state index is 13.3. The summed E-state index contributed by atoms with van der Waals surface area (Å²) in [5, 5.41) is 5.03. The number of hydrogen-bond acceptors (Lipinski definition) is 4. The van der Waals surface area contributed by atoms with E-state index >= 15 is 0 Å². The fourth-order valence-corrected chi connectivity index (χ4v) is 4.39. The van der Waals surface area contributed by atoms with Gasteiger partial charge in [-0.25, -0.2) is 4.98 Å². The summed E-state index contributed by atoms with van der Waals surface area (Å²) in [5.74, 6) is 0.278. The molecule has 162 valence electrons. The van der Waals surface area contributed by atoms with E-state index in [-0.39, 0.29) is 18.2 Å². The summed E-state index contributed by atoms with van der Waals surface area (Å²) < 4.78 is 7.04. The highest BCUT2D eigenvalue weighted by molar-refractivity contribution is 6.07. The molecule has 1 atom stereocenters. The normalized spacial score (nSPS) is 15.5. The van der Waals surface area contributed by atoms with Crippen molar-refractivity contribution in [2.45, 2.75) is 18.9 Å². The van der Waals surface area contributed by atoms with Crippen LogP contribution in [0, 0.1) is 0 Å². The van der Waals surface area contributed by atoms with Gasteiger partial charge < -0.3 is 10.1 Å². The lowest BCUT2D eigenvalue weighted by Crippen LogP contribution is -2.32. The molecule has 0 bridgehead atoms. The van der Waals surface area contributed by atoms with E-state index in [1.807, 2.05) is 71.3 Å². The average Bonchev–Trinajstić information content (AvgIpc) is 3.30. The molecule has 0 radical (unpaired) electrons. The Morgan fingerprint density at radius 1 is 1.06 bits per heavy atom. The zero-order valence-electron chi connectivity index (χ0n) is 17.8. The van der Waals surface area contributed by atoms with Crippen LogP contribution in [0.1, 0.15) is 18.9 Å².